The first-order valence-electron chi connectivity index (χ1n) is 32.1. The lowest BCUT2D eigenvalue weighted by molar-refractivity contribution is 0.0456. The Balaban J connectivity index is 0.000000294. The zero-order valence-corrected chi connectivity index (χ0v) is 54.1. The maximum absolute atomic E-state index is 12.2. The fourth-order valence-corrected chi connectivity index (χ4v) is 17.3. The number of ether oxygens (including phenoxy) is 3. The first-order chi connectivity index (χ1) is 43.1. The Bertz CT molecular complexity index is 2050. The number of halogens is 1. The fraction of sp³-hybridized carbons (Fsp3) is 0.750. The van der Waals surface area contributed by atoms with Crippen LogP contribution in [0.1, 0.15) is 129 Å². The van der Waals surface area contributed by atoms with Gasteiger partial charge < -0.3 is 53.3 Å². The largest absolute Gasteiger partial charge is 0.400 e. The van der Waals surface area contributed by atoms with E-state index < -0.39 is 30.7 Å². The van der Waals surface area contributed by atoms with E-state index in [4.69, 9.17) is 81.2 Å². The lowest BCUT2D eigenvalue weighted by atomic mass is 9.96. The van der Waals surface area contributed by atoms with Gasteiger partial charge in [-0.25, -0.2) is 14.0 Å². The molecule has 8 heterocycles. The van der Waals surface area contributed by atoms with Gasteiger partial charge >= 0.3 is 0 Å². The monoisotopic (exact) mass is 1280 g/mol. The molecule has 10 atom stereocenters. The Morgan fingerprint density at radius 3 is 1.34 bits per heavy atom. The number of nitrogens with zero attached hydrogens (tertiary/aromatic N) is 5. The molecule has 27 heteroatoms. The Morgan fingerprint density at radius 2 is 0.964 bits per heavy atom. The minimum absolute atomic E-state index is 0.00480. The first kappa shape index (κ1) is 67.0. The minimum atomic E-state index is -1.22. The molecule has 0 aromatic heterocycles. The summed E-state index contributed by atoms with van der Waals surface area (Å²) in [6.07, 6.45) is 13.0. The molecule has 0 spiro atoms. The Hall–Kier alpha value is -0.385. The van der Waals surface area contributed by atoms with Crippen LogP contribution in [-0.4, -0.2) is 253 Å². The molecule has 8 fully saturated rings. The fourth-order valence-electron chi connectivity index (χ4n) is 9.43. The highest BCUT2D eigenvalue weighted by Crippen LogP contribution is 2.53. The number of carbonyl (C=O) groups is 2. The van der Waals surface area contributed by atoms with E-state index in [0.29, 0.717) is 42.1 Å². The molecule has 1 unspecified atom stereocenters. The molecule has 8 saturated heterocycles. The van der Waals surface area contributed by atoms with Gasteiger partial charge in [0.15, 0.2) is 8.45 Å². The lowest BCUT2D eigenvalue weighted by Gasteiger charge is -2.35. The molecule has 2 aromatic carbocycles. The van der Waals surface area contributed by atoms with Crippen molar-refractivity contribution in [3.8, 4) is 0 Å². The van der Waals surface area contributed by atoms with Crippen LogP contribution < -0.4 is 0 Å². The number of thioether (sulfide) groups is 2. The maximum Gasteiger partial charge on any atom is 0.259 e. The summed E-state index contributed by atoms with van der Waals surface area (Å²) in [5, 5.41) is 28.1. The van der Waals surface area contributed by atoms with Crippen LogP contribution in [0.4, 0.5) is 0 Å². The van der Waals surface area contributed by atoms with Gasteiger partial charge in [-0.2, -0.15) is 0 Å². The zero-order valence-electron chi connectivity index (χ0n) is 55.1. The molecule has 0 saturated carbocycles. The van der Waals surface area contributed by atoms with E-state index in [9.17, 15) is 9.59 Å². The van der Waals surface area contributed by atoms with Crippen molar-refractivity contribution in [1.29, 1.82) is 4.29 Å². The second-order valence-corrected chi connectivity index (χ2v) is 27.8. The molecule has 6 radical (unpaired) electrons. The van der Waals surface area contributed by atoms with Gasteiger partial charge in [0.2, 0.25) is 14.5 Å². The summed E-state index contributed by atoms with van der Waals surface area (Å²) in [7, 11) is 18.6. The van der Waals surface area contributed by atoms with E-state index in [-0.39, 0.29) is 86.1 Å². The minimum Gasteiger partial charge on any atom is -0.400 e. The van der Waals surface area contributed by atoms with Crippen LogP contribution in [0.3, 0.4) is 0 Å². The van der Waals surface area contributed by atoms with Gasteiger partial charge in [-0.3, -0.25) is 18.9 Å². The van der Waals surface area contributed by atoms with Crippen molar-refractivity contribution in [1.82, 2.24) is 23.4 Å². The number of aliphatic hydroxyl groups excluding tert-OH is 5. The summed E-state index contributed by atoms with van der Waals surface area (Å²) in [5.74, 6) is 1.04. The second kappa shape index (κ2) is 45.8. The molecule has 466 valence electrons. The molecule has 18 nitrogen and oxygen atoms in total. The third-order valence-electron chi connectivity index (χ3n) is 13.6. The van der Waals surface area contributed by atoms with Gasteiger partial charge in [0, 0.05) is 132 Å². The Kier molecular flexibility index (Phi) is 37.0. The molecule has 10 rings (SSSR count). The molecule has 5 N–H and O–H groups in total. The standard InChI is InChI=1S/C18H25BNO4PS.C13H24BN2O2P.C9H10O2S.C8H16ClN2P.C5H9BO2.3CH4O/c1-14-16(13-17(19)23-14)24-25(20-9-5-6-10-20)22-11-12-26-18(21)15-7-3-2-4-8-15;1-11-12(10-13(14)17-11)18-19(15-6-2-3-7-15)16-8-4-5-9-16;10-6-7-12-9(11)8-4-2-1-3-5-8;9-12(10-5-1-2-6-10)11-7-3-4-8-11;1-3-4(7)2-5(6)8-3;3*1-2/h2-4,7-8,14,16-17H,5-6,9-13H2,1H3;11-13H,2-10H2,1H3;1-5,10H,6-7H2;1-8H2;3-5,7H,2H2,1H3;3*2H,1H3/t14-,16-,17-,25?;11-,12-,13-;;;3-,4-,5-;;;/m11..1.../s1/i2*1D;;;1D;3*2T. The van der Waals surface area contributed by atoms with E-state index in [1.54, 1.807) is 12.1 Å². The molecule has 83 heavy (non-hydrogen) atoms. The first-order valence-corrected chi connectivity index (χ1v) is 35.2. The highest BCUT2D eigenvalue weighted by molar-refractivity contribution is 8.14. The Labute approximate surface area is 527 Å². The molecular formula is C56H96B3ClN5O13P3S2. The van der Waals surface area contributed by atoms with E-state index >= 15 is 0 Å². The predicted octanol–water partition coefficient (Wildman–Crippen LogP) is 8.35. The number of rotatable bonds is 17. The van der Waals surface area contributed by atoms with Crippen LogP contribution in [0.15, 0.2) is 60.7 Å². The predicted molar refractivity (Wildman–Crippen MR) is 344 cm³/mol. The zero-order chi connectivity index (χ0) is 65.2. The van der Waals surface area contributed by atoms with Crippen LogP contribution in [0.25, 0.3) is 0 Å². The van der Waals surface area contributed by atoms with Crippen LogP contribution in [0, 0.1) is 0 Å². The van der Waals surface area contributed by atoms with Gasteiger partial charge in [0.1, 0.15) is 31.1 Å². The molecular weight excluding hydrogens is 1180 g/mol. The topological polar surface area (TPSA) is 207 Å². The van der Waals surface area contributed by atoms with E-state index in [1.165, 1.54) is 111 Å². The summed E-state index contributed by atoms with van der Waals surface area (Å²) < 4.78 is 86.2. The maximum atomic E-state index is 12.2. The SMILES string of the molecule is ClP(N1CCCC1)N1CCCC1.O=C(SCCO)c1ccccc1.[2H]C[C@H]1O[C@@H]([B])C[C@H]1O.[2H]C[C@H]1O[C@@H]([B])C[C@H]1OP(N1CCCC1)N1CCCC1.[2H]C[C@H]1O[C@@H]([B])C[C@H]1OP(OCCSC(=O)c1ccccc1)N1CCCC1.[3H]OC.[3H]OC.[3H]OC. The number of aliphatic hydroxyl groups is 5. The van der Waals surface area contributed by atoms with Gasteiger partial charge in [-0.15, -0.1) is 0 Å². The average molecular weight is 1280 g/mol. The highest BCUT2D eigenvalue weighted by atomic mass is 35.7. The van der Waals surface area contributed by atoms with Crippen LogP contribution in [0.2, 0.25) is 0 Å². The molecule has 0 aliphatic carbocycles. The average Bonchev–Trinajstić information content (AvgIpc) is 3.03. The van der Waals surface area contributed by atoms with Crippen molar-refractivity contribution in [2.24, 2.45) is 0 Å². The summed E-state index contributed by atoms with van der Waals surface area (Å²) >= 11 is 8.81. The summed E-state index contributed by atoms with van der Waals surface area (Å²) in [6.45, 7) is 12.3. The van der Waals surface area contributed by atoms with Gasteiger partial charge in [-0.05, 0) is 104 Å². The summed E-state index contributed by atoms with van der Waals surface area (Å²) in [4.78, 5) is 23.4. The third-order valence-corrected chi connectivity index (χ3v) is 22.3. The van der Waals surface area contributed by atoms with Crippen molar-refractivity contribution < 1.29 is 67.0 Å². The number of hydrogen-bond donors (Lipinski definition) is 5. The van der Waals surface area contributed by atoms with E-state index in [2.05, 4.69) is 38.7 Å². The lowest BCUT2D eigenvalue weighted by Crippen LogP contribution is -2.30. The summed E-state index contributed by atoms with van der Waals surface area (Å²) in [5.41, 5.74) is 1.40. The third kappa shape index (κ3) is 29.0. The van der Waals surface area contributed by atoms with Crippen molar-refractivity contribution in [2.75, 3.05) is 111 Å². The quantitative estimate of drug-likeness (QED) is 0.0573. The van der Waals surface area contributed by atoms with Crippen LogP contribution >= 0.6 is 59.3 Å². The molecule has 8 aliphatic rings. The van der Waals surface area contributed by atoms with E-state index in [1.807, 2.05) is 48.5 Å². The molecule has 0 bridgehead atoms. The molecule has 8 aliphatic heterocycles. The number of benzene rings is 2. The van der Waals surface area contributed by atoms with Gasteiger partial charge in [-0.1, -0.05) is 95.4 Å². The van der Waals surface area contributed by atoms with Gasteiger partial charge in [0.25, 0.3) is 8.53 Å². The van der Waals surface area contributed by atoms with E-state index in [0.717, 1.165) is 70.3 Å². The van der Waals surface area contributed by atoms with Crippen molar-refractivity contribution in [2.45, 2.75) is 159 Å². The Morgan fingerprint density at radius 1 is 0.602 bits per heavy atom. The number of hydrogen-bond acceptors (Lipinski definition) is 20. The van der Waals surface area contributed by atoms with Crippen molar-refractivity contribution in [3.63, 3.8) is 0 Å². The molecule has 2 aromatic rings. The highest BCUT2D eigenvalue weighted by Gasteiger charge is 2.39. The normalized spacial score (nSPS) is 28.4. The second-order valence-electron chi connectivity index (χ2n) is 19.8. The van der Waals surface area contributed by atoms with Crippen molar-refractivity contribution >= 4 is 93.1 Å². The van der Waals surface area contributed by atoms with Crippen LogP contribution in [0.5, 0.6) is 0 Å². The summed E-state index contributed by atoms with van der Waals surface area (Å²) in [6, 6.07) is 17.3. The van der Waals surface area contributed by atoms with Crippen molar-refractivity contribution in [3.05, 3.63) is 71.8 Å². The van der Waals surface area contributed by atoms with Gasteiger partial charge in [0.05, 0.1) is 49.8 Å². The smallest absolute Gasteiger partial charge is 0.259 e. The number of carbonyl (C=O) groups excluding carboxylic acids is 2. The molecule has 0 amide bonds. The van der Waals surface area contributed by atoms with Crippen LogP contribution in [-0.2, 0) is 27.8 Å².